The molecule has 0 aliphatic heterocycles. The molecule has 110 valence electrons. The molecular weight excluding hydrogens is 234 g/mol. The van der Waals surface area contributed by atoms with Gasteiger partial charge in [-0.05, 0) is 13.1 Å². The molecule has 0 saturated heterocycles. The van der Waals surface area contributed by atoms with Gasteiger partial charge in [0, 0.05) is 27.8 Å². The first-order valence-corrected chi connectivity index (χ1v) is 6.20. The van der Waals surface area contributed by atoms with Crippen molar-refractivity contribution < 1.29 is 18.9 Å². The Hall–Kier alpha value is -0.620. The van der Waals surface area contributed by atoms with Crippen molar-refractivity contribution in [2.24, 2.45) is 0 Å². The van der Waals surface area contributed by atoms with Gasteiger partial charge in [-0.3, -0.25) is 0 Å². The summed E-state index contributed by atoms with van der Waals surface area (Å²) in [4.78, 5) is 1.89. The first-order chi connectivity index (χ1) is 8.68. The highest BCUT2D eigenvalue weighted by molar-refractivity contribution is 4.59. The van der Waals surface area contributed by atoms with Crippen molar-refractivity contribution in [2.75, 3.05) is 67.5 Å². The summed E-state index contributed by atoms with van der Waals surface area (Å²) in [5, 5.41) is 0. The average molecular weight is 263 g/mol. The van der Waals surface area contributed by atoms with Gasteiger partial charge in [-0.1, -0.05) is 6.58 Å². The SMILES string of the molecule is C=CN(C)C.CCOCCOCCOCCOC. The van der Waals surface area contributed by atoms with Gasteiger partial charge in [-0.15, -0.1) is 0 Å². The van der Waals surface area contributed by atoms with E-state index in [1.807, 2.05) is 25.9 Å². The second-order valence-corrected chi connectivity index (χ2v) is 3.56. The maximum absolute atomic E-state index is 5.23. The van der Waals surface area contributed by atoms with Gasteiger partial charge in [0.05, 0.1) is 39.6 Å². The van der Waals surface area contributed by atoms with Crippen LogP contribution in [-0.4, -0.2) is 72.4 Å². The lowest BCUT2D eigenvalue weighted by Crippen LogP contribution is -2.11. The van der Waals surface area contributed by atoms with E-state index in [1.165, 1.54) is 0 Å². The van der Waals surface area contributed by atoms with Gasteiger partial charge in [0.25, 0.3) is 0 Å². The molecule has 0 fully saturated rings. The van der Waals surface area contributed by atoms with Crippen LogP contribution in [0.15, 0.2) is 12.8 Å². The summed E-state index contributed by atoms with van der Waals surface area (Å²) in [6.07, 6.45) is 1.75. The molecule has 0 aliphatic rings. The highest BCUT2D eigenvalue weighted by atomic mass is 16.6. The molecule has 5 heteroatoms. The highest BCUT2D eigenvalue weighted by Crippen LogP contribution is 1.81. The summed E-state index contributed by atoms with van der Waals surface area (Å²) in [5.74, 6) is 0. The predicted molar refractivity (Wildman–Crippen MR) is 73.9 cm³/mol. The molecule has 5 nitrogen and oxygen atoms in total. The summed E-state index contributed by atoms with van der Waals surface area (Å²) in [6.45, 7) is 10.0. The third-order valence-corrected chi connectivity index (χ3v) is 1.75. The van der Waals surface area contributed by atoms with E-state index in [-0.39, 0.29) is 0 Å². The lowest BCUT2D eigenvalue weighted by Gasteiger charge is -2.05. The number of methoxy groups -OCH3 is 1. The molecule has 0 aromatic heterocycles. The molecule has 0 heterocycles. The summed E-state index contributed by atoms with van der Waals surface area (Å²) in [5.41, 5.74) is 0. The summed E-state index contributed by atoms with van der Waals surface area (Å²) >= 11 is 0. The Morgan fingerprint density at radius 2 is 1.28 bits per heavy atom. The molecule has 18 heavy (non-hydrogen) atoms. The molecule has 0 bridgehead atoms. The maximum Gasteiger partial charge on any atom is 0.0701 e. The Balaban J connectivity index is 0. The zero-order valence-electron chi connectivity index (χ0n) is 12.3. The molecule has 0 radical (unpaired) electrons. The van der Waals surface area contributed by atoms with Crippen LogP contribution in [0, 0.1) is 0 Å². The Kier molecular flexibility index (Phi) is 20.5. The molecular formula is C13H29NO4. The van der Waals surface area contributed by atoms with Crippen LogP contribution in [0.5, 0.6) is 0 Å². The Morgan fingerprint density at radius 1 is 0.889 bits per heavy atom. The number of hydrogen-bond acceptors (Lipinski definition) is 5. The normalized spacial score (nSPS) is 9.56. The Morgan fingerprint density at radius 3 is 1.61 bits per heavy atom. The number of nitrogens with zero attached hydrogens (tertiary/aromatic N) is 1. The minimum absolute atomic E-state index is 0.621. The van der Waals surface area contributed by atoms with Crippen molar-refractivity contribution in [3.8, 4) is 0 Å². The van der Waals surface area contributed by atoms with E-state index < -0.39 is 0 Å². The predicted octanol–water partition coefficient (Wildman–Crippen LogP) is 1.39. The van der Waals surface area contributed by atoms with Crippen molar-refractivity contribution in [2.45, 2.75) is 6.92 Å². The van der Waals surface area contributed by atoms with Gasteiger partial charge in [0.15, 0.2) is 0 Å². The van der Waals surface area contributed by atoms with E-state index in [0.29, 0.717) is 39.6 Å². The van der Waals surface area contributed by atoms with E-state index in [4.69, 9.17) is 18.9 Å². The molecule has 0 atom stereocenters. The summed E-state index contributed by atoms with van der Waals surface area (Å²) in [7, 11) is 5.53. The van der Waals surface area contributed by atoms with Crippen LogP contribution >= 0.6 is 0 Å². The van der Waals surface area contributed by atoms with Crippen LogP contribution in [0.2, 0.25) is 0 Å². The minimum atomic E-state index is 0.621. The van der Waals surface area contributed by atoms with Crippen LogP contribution in [0.4, 0.5) is 0 Å². The van der Waals surface area contributed by atoms with Crippen LogP contribution in [-0.2, 0) is 18.9 Å². The molecule has 0 aromatic rings. The molecule has 0 aromatic carbocycles. The van der Waals surface area contributed by atoms with Crippen LogP contribution < -0.4 is 0 Å². The molecule has 0 amide bonds. The van der Waals surface area contributed by atoms with Crippen LogP contribution in [0.1, 0.15) is 6.92 Å². The van der Waals surface area contributed by atoms with Crippen LogP contribution in [0.3, 0.4) is 0 Å². The Labute approximate surface area is 112 Å². The number of rotatable bonds is 11. The van der Waals surface area contributed by atoms with Gasteiger partial charge in [0.1, 0.15) is 0 Å². The smallest absolute Gasteiger partial charge is 0.0701 e. The average Bonchev–Trinajstić information content (AvgIpc) is 2.37. The molecule has 0 spiro atoms. The second kappa shape index (κ2) is 18.7. The molecule has 0 saturated carbocycles. The molecule has 0 rings (SSSR count). The lowest BCUT2D eigenvalue weighted by atomic mass is 10.7. The van der Waals surface area contributed by atoms with Gasteiger partial charge in [-0.25, -0.2) is 0 Å². The van der Waals surface area contributed by atoms with Gasteiger partial charge in [-0.2, -0.15) is 0 Å². The highest BCUT2D eigenvalue weighted by Gasteiger charge is 1.89. The van der Waals surface area contributed by atoms with E-state index >= 15 is 0 Å². The molecule has 0 unspecified atom stereocenters. The second-order valence-electron chi connectivity index (χ2n) is 3.56. The van der Waals surface area contributed by atoms with E-state index in [0.717, 1.165) is 6.61 Å². The quantitative estimate of drug-likeness (QED) is 0.527. The summed E-state index contributed by atoms with van der Waals surface area (Å²) in [6, 6.07) is 0. The van der Waals surface area contributed by atoms with Crippen molar-refractivity contribution in [3.63, 3.8) is 0 Å². The van der Waals surface area contributed by atoms with E-state index in [2.05, 4.69) is 6.58 Å². The van der Waals surface area contributed by atoms with Gasteiger partial charge < -0.3 is 23.8 Å². The minimum Gasteiger partial charge on any atom is -0.384 e. The Bertz CT molecular complexity index is 144. The zero-order chi connectivity index (χ0) is 14.1. The first kappa shape index (κ1) is 19.7. The van der Waals surface area contributed by atoms with Crippen molar-refractivity contribution in [3.05, 3.63) is 12.8 Å². The largest absolute Gasteiger partial charge is 0.384 e. The monoisotopic (exact) mass is 263 g/mol. The van der Waals surface area contributed by atoms with E-state index in [9.17, 15) is 0 Å². The topological polar surface area (TPSA) is 40.2 Å². The number of ether oxygens (including phenoxy) is 4. The first-order valence-electron chi connectivity index (χ1n) is 6.20. The van der Waals surface area contributed by atoms with Crippen LogP contribution in [0.25, 0.3) is 0 Å². The van der Waals surface area contributed by atoms with Gasteiger partial charge >= 0.3 is 0 Å². The van der Waals surface area contributed by atoms with Crippen molar-refractivity contribution in [1.82, 2.24) is 4.90 Å². The number of hydrogen-bond donors (Lipinski definition) is 0. The third-order valence-electron chi connectivity index (χ3n) is 1.75. The fourth-order valence-corrected chi connectivity index (χ4v) is 0.726. The summed E-state index contributed by atoms with van der Waals surface area (Å²) < 4.78 is 20.3. The standard InChI is InChI=1S/C9H20O4.C4H9N/c1-3-11-6-7-13-9-8-12-5-4-10-2;1-4-5(2)3/h3-9H2,1-2H3;4H,1H2,2-3H3. The van der Waals surface area contributed by atoms with E-state index in [1.54, 1.807) is 13.3 Å². The fourth-order valence-electron chi connectivity index (χ4n) is 0.726. The maximum atomic E-state index is 5.23. The molecule has 0 N–H and O–H groups in total. The van der Waals surface area contributed by atoms with Crippen molar-refractivity contribution in [1.29, 1.82) is 0 Å². The zero-order valence-corrected chi connectivity index (χ0v) is 12.3. The van der Waals surface area contributed by atoms with Gasteiger partial charge in [0.2, 0.25) is 0 Å². The third kappa shape index (κ3) is 24.6. The fraction of sp³-hybridized carbons (Fsp3) is 0.846. The molecule has 0 aliphatic carbocycles. The lowest BCUT2D eigenvalue weighted by molar-refractivity contribution is 0.00534. The van der Waals surface area contributed by atoms with Crippen molar-refractivity contribution >= 4 is 0 Å².